The summed E-state index contributed by atoms with van der Waals surface area (Å²) in [6.45, 7) is 7.37. The van der Waals surface area contributed by atoms with Crippen LogP contribution in [-0.4, -0.2) is 23.0 Å². The predicted molar refractivity (Wildman–Crippen MR) is 99.5 cm³/mol. The van der Waals surface area contributed by atoms with E-state index in [4.69, 9.17) is 11.6 Å². The second kappa shape index (κ2) is 6.14. The maximum absolute atomic E-state index is 12.7. The van der Waals surface area contributed by atoms with E-state index in [-0.39, 0.29) is 17.0 Å². The van der Waals surface area contributed by atoms with Crippen molar-refractivity contribution in [2.75, 3.05) is 11.9 Å². The molecule has 1 aliphatic heterocycles. The van der Waals surface area contributed by atoms with Crippen LogP contribution in [0.25, 0.3) is 0 Å². The van der Waals surface area contributed by atoms with E-state index in [1.54, 1.807) is 12.1 Å². The van der Waals surface area contributed by atoms with E-state index in [9.17, 15) is 4.79 Å². The van der Waals surface area contributed by atoms with E-state index >= 15 is 0 Å². The number of nitrogens with one attached hydrogen (secondary N) is 1. The van der Waals surface area contributed by atoms with Gasteiger partial charge in [0.05, 0.1) is 5.54 Å². The van der Waals surface area contributed by atoms with Crippen molar-refractivity contribution >= 4 is 23.3 Å². The molecule has 2 aromatic rings. The summed E-state index contributed by atoms with van der Waals surface area (Å²) in [5.41, 5.74) is 1.87. The first-order valence-corrected chi connectivity index (χ1v) is 8.58. The van der Waals surface area contributed by atoms with Gasteiger partial charge in [-0.3, -0.25) is 0 Å². The van der Waals surface area contributed by atoms with E-state index < -0.39 is 0 Å². The van der Waals surface area contributed by atoms with Crippen molar-refractivity contribution in [2.45, 2.75) is 32.7 Å². The summed E-state index contributed by atoms with van der Waals surface area (Å²) in [4.78, 5) is 14.6. The van der Waals surface area contributed by atoms with Gasteiger partial charge in [-0.25, -0.2) is 4.79 Å². The van der Waals surface area contributed by atoms with Gasteiger partial charge < -0.3 is 10.2 Å². The maximum Gasteiger partial charge on any atom is 0.322 e. The molecule has 1 unspecified atom stereocenters. The Balaban J connectivity index is 1.76. The lowest BCUT2D eigenvalue weighted by atomic mass is 9.76. The molecule has 4 heteroatoms. The molecule has 0 spiro atoms. The standard InChI is InChI=1S/C20H23ClN2O/c1-19(2,3)20(13-15-7-5-4-6-8-15)14-23(20)18(24)22-17-11-9-16(21)10-12-17/h4-12H,13-14H2,1-3H3,(H,22,24). The minimum Gasteiger partial charge on any atom is -0.314 e. The number of halogens is 1. The summed E-state index contributed by atoms with van der Waals surface area (Å²) < 4.78 is 0. The van der Waals surface area contributed by atoms with Crippen LogP contribution in [0.3, 0.4) is 0 Å². The molecule has 2 amide bonds. The van der Waals surface area contributed by atoms with Crippen LogP contribution in [0, 0.1) is 5.41 Å². The van der Waals surface area contributed by atoms with E-state index in [0.29, 0.717) is 5.02 Å². The first-order valence-electron chi connectivity index (χ1n) is 8.20. The molecule has 0 aliphatic carbocycles. The Morgan fingerprint density at radius 3 is 2.33 bits per heavy atom. The van der Waals surface area contributed by atoms with Crippen molar-refractivity contribution in [3.05, 3.63) is 65.2 Å². The fraction of sp³-hybridized carbons (Fsp3) is 0.350. The van der Waals surface area contributed by atoms with Gasteiger partial charge in [-0.15, -0.1) is 0 Å². The number of benzene rings is 2. The molecule has 0 bridgehead atoms. The molecule has 126 valence electrons. The van der Waals surface area contributed by atoms with Crippen LogP contribution in [0.1, 0.15) is 26.3 Å². The van der Waals surface area contributed by atoms with Gasteiger partial charge in [0, 0.05) is 17.3 Å². The monoisotopic (exact) mass is 342 g/mol. The average molecular weight is 343 g/mol. The van der Waals surface area contributed by atoms with Gasteiger partial charge in [-0.2, -0.15) is 0 Å². The quantitative estimate of drug-likeness (QED) is 0.762. The van der Waals surface area contributed by atoms with Crippen molar-refractivity contribution in [3.63, 3.8) is 0 Å². The SMILES string of the molecule is CC(C)(C)C1(Cc2ccccc2)CN1C(=O)Nc1ccc(Cl)cc1. The lowest BCUT2D eigenvalue weighted by Crippen LogP contribution is -2.39. The zero-order valence-corrected chi connectivity index (χ0v) is 15.1. The molecular formula is C20H23ClN2O. The highest BCUT2D eigenvalue weighted by molar-refractivity contribution is 6.30. The zero-order chi connectivity index (χ0) is 17.4. The molecule has 24 heavy (non-hydrogen) atoms. The van der Waals surface area contributed by atoms with Crippen molar-refractivity contribution in [1.82, 2.24) is 4.90 Å². The van der Waals surface area contributed by atoms with Gasteiger partial charge in [0.15, 0.2) is 0 Å². The second-order valence-electron chi connectivity index (χ2n) is 7.47. The molecule has 1 aliphatic rings. The Bertz CT molecular complexity index is 722. The highest BCUT2D eigenvalue weighted by atomic mass is 35.5. The molecule has 3 nitrogen and oxygen atoms in total. The summed E-state index contributed by atoms with van der Waals surface area (Å²) in [6, 6.07) is 17.5. The van der Waals surface area contributed by atoms with Crippen LogP contribution in [-0.2, 0) is 6.42 Å². The predicted octanol–water partition coefficient (Wildman–Crippen LogP) is 5.22. The highest BCUT2D eigenvalue weighted by Crippen LogP contribution is 2.49. The number of amides is 2. The zero-order valence-electron chi connectivity index (χ0n) is 14.3. The van der Waals surface area contributed by atoms with E-state index in [1.165, 1.54) is 5.56 Å². The summed E-state index contributed by atoms with van der Waals surface area (Å²) in [7, 11) is 0. The molecule has 0 radical (unpaired) electrons. The molecular weight excluding hydrogens is 320 g/mol. The van der Waals surface area contributed by atoms with E-state index in [0.717, 1.165) is 18.7 Å². The Hall–Kier alpha value is -2.00. The van der Waals surface area contributed by atoms with Gasteiger partial charge in [-0.05, 0) is 41.7 Å². The molecule has 1 heterocycles. The lowest BCUT2D eigenvalue weighted by Gasteiger charge is -2.31. The highest BCUT2D eigenvalue weighted by Gasteiger charge is 2.61. The second-order valence-corrected chi connectivity index (χ2v) is 7.90. The Morgan fingerprint density at radius 2 is 1.75 bits per heavy atom. The van der Waals surface area contributed by atoms with E-state index in [1.807, 2.05) is 35.2 Å². The molecule has 0 aromatic heterocycles. The minimum atomic E-state index is -0.148. The third-order valence-electron chi connectivity index (χ3n) is 4.91. The minimum absolute atomic E-state index is 0.000176. The van der Waals surface area contributed by atoms with Crippen LogP contribution in [0.15, 0.2) is 54.6 Å². The fourth-order valence-electron chi connectivity index (χ4n) is 3.21. The smallest absolute Gasteiger partial charge is 0.314 e. The average Bonchev–Trinajstić information content (AvgIpc) is 3.26. The first kappa shape index (κ1) is 16.8. The number of anilines is 1. The number of carbonyl (C=O) groups excluding carboxylic acids is 1. The van der Waals surface area contributed by atoms with Gasteiger partial charge in [-0.1, -0.05) is 62.7 Å². The van der Waals surface area contributed by atoms with Crippen molar-refractivity contribution in [3.8, 4) is 0 Å². The summed E-state index contributed by atoms with van der Waals surface area (Å²) in [6.07, 6.45) is 0.866. The number of hydrogen-bond donors (Lipinski definition) is 1. The van der Waals surface area contributed by atoms with Gasteiger partial charge in [0.2, 0.25) is 0 Å². The summed E-state index contributed by atoms with van der Waals surface area (Å²) in [5.74, 6) is 0. The van der Waals surface area contributed by atoms with Crippen molar-refractivity contribution in [1.29, 1.82) is 0 Å². The first-order chi connectivity index (χ1) is 11.3. The molecule has 1 fully saturated rings. The van der Waals surface area contributed by atoms with Gasteiger partial charge in [0.25, 0.3) is 0 Å². The molecule has 3 rings (SSSR count). The lowest BCUT2D eigenvalue weighted by molar-refractivity contribution is 0.201. The Labute approximate surface area is 148 Å². The Kier molecular flexibility index (Phi) is 4.31. The topological polar surface area (TPSA) is 32.1 Å². The summed E-state index contributed by atoms with van der Waals surface area (Å²) in [5, 5.41) is 3.63. The third-order valence-corrected chi connectivity index (χ3v) is 5.16. The number of urea groups is 1. The van der Waals surface area contributed by atoms with Crippen molar-refractivity contribution in [2.24, 2.45) is 5.41 Å². The number of nitrogens with zero attached hydrogens (tertiary/aromatic N) is 1. The van der Waals surface area contributed by atoms with Crippen LogP contribution in [0.4, 0.5) is 10.5 Å². The number of rotatable bonds is 3. The maximum atomic E-state index is 12.7. The molecule has 0 saturated carbocycles. The van der Waals surface area contributed by atoms with Crippen LogP contribution in [0.2, 0.25) is 5.02 Å². The Morgan fingerprint density at radius 1 is 1.12 bits per heavy atom. The van der Waals surface area contributed by atoms with E-state index in [2.05, 4.69) is 38.2 Å². The summed E-state index contributed by atoms with van der Waals surface area (Å²) >= 11 is 5.90. The van der Waals surface area contributed by atoms with Gasteiger partial charge in [0.1, 0.15) is 0 Å². The number of hydrogen-bond acceptors (Lipinski definition) is 1. The van der Waals surface area contributed by atoms with Gasteiger partial charge >= 0.3 is 6.03 Å². The van der Waals surface area contributed by atoms with Crippen LogP contribution < -0.4 is 5.32 Å². The number of carbonyl (C=O) groups is 1. The molecule has 2 aromatic carbocycles. The van der Waals surface area contributed by atoms with Crippen LogP contribution in [0.5, 0.6) is 0 Å². The normalized spacial score (nSPS) is 19.9. The van der Waals surface area contributed by atoms with Crippen molar-refractivity contribution < 1.29 is 4.79 Å². The fourth-order valence-corrected chi connectivity index (χ4v) is 3.33. The third kappa shape index (κ3) is 3.27. The molecule has 1 atom stereocenters. The largest absolute Gasteiger partial charge is 0.322 e. The molecule has 1 saturated heterocycles. The molecule has 1 N–H and O–H groups in total. The van der Waals surface area contributed by atoms with Crippen LogP contribution >= 0.6 is 11.6 Å².